The molecule has 0 fully saturated rings. The number of benzene rings is 2. The van der Waals surface area contributed by atoms with Crippen LogP contribution in [-0.4, -0.2) is 25.9 Å². The van der Waals surface area contributed by atoms with Gasteiger partial charge in [0, 0.05) is 22.9 Å². The second-order valence-corrected chi connectivity index (χ2v) is 5.69. The average molecular weight is 346 g/mol. The highest BCUT2D eigenvalue weighted by Gasteiger charge is 2.23. The molecule has 0 saturated heterocycles. The molecular weight excluding hydrogens is 324 g/mol. The molecule has 0 bridgehead atoms. The quantitative estimate of drug-likeness (QED) is 0.579. The second kappa shape index (κ2) is 8.64. The molecule has 0 amide bonds. The van der Waals surface area contributed by atoms with Gasteiger partial charge in [0.25, 0.3) is 0 Å². The molecule has 0 spiro atoms. The number of esters is 1. The normalized spacial score (nSPS) is 11.7. The Morgan fingerprint density at radius 3 is 2.46 bits per heavy atom. The van der Waals surface area contributed by atoms with E-state index in [4.69, 9.17) is 14.2 Å². The van der Waals surface area contributed by atoms with Crippen molar-refractivity contribution in [3.05, 3.63) is 47.5 Å². The van der Waals surface area contributed by atoms with Crippen molar-refractivity contribution in [2.75, 3.05) is 20.0 Å². The number of hydrogen-bond acceptors (Lipinski definition) is 5. The van der Waals surface area contributed by atoms with Crippen molar-refractivity contribution in [3.63, 3.8) is 0 Å². The Morgan fingerprint density at radius 1 is 1.12 bits per heavy atom. The largest absolute Gasteiger partial charge is 0.493 e. The Labute approximate surface area is 147 Å². The Bertz CT molecular complexity index is 695. The van der Waals surface area contributed by atoms with E-state index in [1.54, 1.807) is 17.8 Å². The number of thioether (sulfide) groups is 1. The van der Waals surface area contributed by atoms with Gasteiger partial charge in [-0.2, -0.15) is 0 Å². The summed E-state index contributed by atoms with van der Waals surface area (Å²) in [7, 11) is 1.37. The fourth-order valence-electron chi connectivity index (χ4n) is 2.40. The highest BCUT2D eigenvalue weighted by atomic mass is 32.2. The highest BCUT2D eigenvalue weighted by molar-refractivity contribution is 7.98. The van der Waals surface area contributed by atoms with Crippen molar-refractivity contribution in [2.45, 2.75) is 25.2 Å². The van der Waals surface area contributed by atoms with E-state index >= 15 is 0 Å². The summed E-state index contributed by atoms with van der Waals surface area (Å²) in [5.74, 6) is 1.60. The van der Waals surface area contributed by atoms with Crippen LogP contribution in [0.3, 0.4) is 0 Å². The van der Waals surface area contributed by atoms with Gasteiger partial charge in [0.15, 0.2) is 0 Å². The van der Waals surface area contributed by atoms with Gasteiger partial charge in [-0.3, -0.25) is 0 Å². The van der Waals surface area contributed by atoms with Gasteiger partial charge in [0.2, 0.25) is 0 Å². The fourth-order valence-corrected chi connectivity index (χ4v) is 2.81. The molecule has 0 aliphatic carbocycles. The first-order chi connectivity index (χ1) is 11.7. The predicted molar refractivity (Wildman–Crippen MR) is 96.6 cm³/mol. The molecule has 3 rings (SSSR count). The number of carbonyl (C=O) groups is 1. The molecule has 1 aliphatic heterocycles. The highest BCUT2D eigenvalue weighted by Crippen LogP contribution is 2.35. The molecule has 0 atom stereocenters. The zero-order valence-electron chi connectivity index (χ0n) is 14.4. The van der Waals surface area contributed by atoms with Crippen LogP contribution in [0.25, 0.3) is 0 Å². The molecule has 5 heteroatoms. The van der Waals surface area contributed by atoms with Crippen LogP contribution in [-0.2, 0) is 11.2 Å². The van der Waals surface area contributed by atoms with E-state index in [9.17, 15) is 4.79 Å². The summed E-state index contributed by atoms with van der Waals surface area (Å²) in [6.45, 7) is 4.57. The number of hydrogen-bond donors (Lipinski definition) is 0. The Morgan fingerprint density at radius 2 is 1.83 bits per heavy atom. The molecule has 0 N–H and O–H groups in total. The zero-order valence-corrected chi connectivity index (χ0v) is 15.2. The molecule has 128 valence electrons. The molecule has 4 nitrogen and oxygen atoms in total. The third kappa shape index (κ3) is 4.03. The lowest BCUT2D eigenvalue weighted by Crippen LogP contribution is -2.05. The van der Waals surface area contributed by atoms with E-state index < -0.39 is 0 Å². The molecule has 0 unspecified atom stereocenters. The van der Waals surface area contributed by atoms with E-state index in [1.165, 1.54) is 12.0 Å². The number of fused-ring (bicyclic) bond motifs is 1. The van der Waals surface area contributed by atoms with E-state index in [2.05, 4.69) is 0 Å². The monoisotopic (exact) mass is 346 g/mol. The van der Waals surface area contributed by atoms with Gasteiger partial charge in [0.05, 0.1) is 19.3 Å². The minimum atomic E-state index is -0.370. The first kappa shape index (κ1) is 18.2. The van der Waals surface area contributed by atoms with Crippen LogP contribution in [0.2, 0.25) is 0 Å². The summed E-state index contributed by atoms with van der Waals surface area (Å²) < 4.78 is 16.2. The predicted octanol–water partition coefficient (Wildman–Crippen LogP) is 4.95. The molecule has 0 aromatic heterocycles. The van der Waals surface area contributed by atoms with E-state index in [1.807, 2.05) is 50.4 Å². The lowest BCUT2D eigenvalue weighted by atomic mass is 10.0. The fraction of sp³-hybridized carbons (Fsp3) is 0.316. The minimum Gasteiger partial charge on any atom is -0.493 e. The van der Waals surface area contributed by atoms with Crippen LogP contribution in [0.4, 0.5) is 0 Å². The van der Waals surface area contributed by atoms with Crippen LogP contribution < -0.4 is 9.47 Å². The van der Waals surface area contributed by atoms with Crippen molar-refractivity contribution in [3.8, 4) is 17.2 Å². The Hall–Kier alpha value is -2.14. The van der Waals surface area contributed by atoms with Gasteiger partial charge in [-0.15, -0.1) is 11.8 Å². The summed E-state index contributed by atoms with van der Waals surface area (Å²) in [5.41, 5.74) is 1.39. The molecule has 1 aliphatic rings. The van der Waals surface area contributed by atoms with Gasteiger partial charge < -0.3 is 14.2 Å². The van der Waals surface area contributed by atoms with Crippen molar-refractivity contribution >= 4 is 17.7 Å². The maximum Gasteiger partial charge on any atom is 0.338 e. The van der Waals surface area contributed by atoms with Crippen molar-refractivity contribution in [2.24, 2.45) is 0 Å². The van der Waals surface area contributed by atoms with Crippen LogP contribution in [0.15, 0.2) is 41.3 Å². The summed E-state index contributed by atoms with van der Waals surface area (Å²) in [4.78, 5) is 13.1. The number of methoxy groups -OCH3 is 1. The molecule has 0 radical (unpaired) electrons. The van der Waals surface area contributed by atoms with Crippen LogP contribution >= 0.6 is 11.8 Å². The van der Waals surface area contributed by atoms with Crippen LogP contribution in [0, 0.1) is 0 Å². The van der Waals surface area contributed by atoms with Gasteiger partial charge in [0.1, 0.15) is 17.2 Å². The van der Waals surface area contributed by atoms with E-state index in [-0.39, 0.29) is 5.97 Å². The van der Waals surface area contributed by atoms with Gasteiger partial charge in [-0.25, -0.2) is 4.79 Å². The van der Waals surface area contributed by atoms with E-state index in [0.717, 1.165) is 5.56 Å². The van der Waals surface area contributed by atoms with Gasteiger partial charge in [-0.05, 0) is 36.6 Å². The molecular formula is C19H22O4S. The summed E-state index contributed by atoms with van der Waals surface area (Å²) in [5, 5.41) is 0. The second-order valence-electron chi connectivity index (χ2n) is 4.82. The third-order valence-electron chi connectivity index (χ3n) is 3.49. The SMILES string of the molecule is CC.COC(=O)c1cc(Oc2ccc(SC)cc2)cc2c1CCO2. The summed E-state index contributed by atoms with van der Waals surface area (Å²) >= 11 is 1.67. The number of carbonyl (C=O) groups excluding carboxylic acids is 1. The molecule has 0 saturated carbocycles. The molecule has 2 aromatic rings. The lowest BCUT2D eigenvalue weighted by molar-refractivity contribution is 0.0599. The smallest absolute Gasteiger partial charge is 0.338 e. The molecule has 1 heterocycles. The first-order valence-electron chi connectivity index (χ1n) is 7.91. The zero-order chi connectivity index (χ0) is 17.5. The number of ether oxygens (including phenoxy) is 3. The Balaban J connectivity index is 0.00000100. The summed E-state index contributed by atoms with van der Waals surface area (Å²) in [6, 6.07) is 11.3. The summed E-state index contributed by atoms with van der Waals surface area (Å²) in [6.07, 6.45) is 2.73. The van der Waals surface area contributed by atoms with Crippen molar-refractivity contribution < 1.29 is 19.0 Å². The molecule has 2 aromatic carbocycles. The van der Waals surface area contributed by atoms with Crippen molar-refractivity contribution in [1.29, 1.82) is 0 Å². The third-order valence-corrected chi connectivity index (χ3v) is 4.24. The molecule has 24 heavy (non-hydrogen) atoms. The number of rotatable bonds is 4. The standard InChI is InChI=1S/C17H16O4S.C2H6/c1-19-17(18)15-9-12(10-16-14(15)7-8-20-16)21-11-3-5-13(22-2)6-4-11;1-2/h3-6,9-10H,7-8H2,1-2H3;1-2H3. The van der Waals surface area contributed by atoms with Gasteiger partial charge in [-0.1, -0.05) is 13.8 Å². The maximum absolute atomic E-state index is 11.9. The minimum absolute atomic E-state index is 0.370. The average Bonchev–Trinajstić information content (AvgIpc) is 3.11. The topological polar surface area (TPSA) is 44.8 Å². The van der Waals surface area contributed by atoms with Crippen LogP contribution in [0.5, 0.6) is 17.2 Å². The maximum atomic E-state index is 11.9. The first-order valence-corrected chi connectivity index (χ1v) is 9.13. The van der Waals surface area contributed by atoms with Crippen molar-refractivity contribution in [1.82, 2.24) is 0 Å². The van der Waals surface area contributed by atoms with Gasteiger partial charge >= 0.3 is 5.97 Å². The Kier molecular flexibility index (Phi) is 6.55. The van der Waals surface area contributed by atoms with Crippen LogP contribution in [0.1, 0.15) is 29.8 Å². The van der Waals surface area contributed by atoms with E-state index in [0.29, 0.717) is 35.8 Å². The lowest BCUT2D eigenvalue weighted by Gasteiger charge is -2.11.